The van der Waals surface area contributed by atoms with Crippen LogP contribution in [0.15, 0.2) is 65.6 Å². The standard InChI is InChI=1S/C25H23N7O3/c1-15-9-10-20(16(2)11-15)31-23-19(13-26-31)24(34)29-25(28-23)32-21(12-17(3)30-32)27-22(33)14-35-18-7-5-4-6-8-18/h4-13H,14H2,1-3H3,(H,27,33)(H,28,29,34). The zero-order valence-electron chi connectivity index (χ0n) is 19.4. The Hall–Kier alpha value is -4.73. The monoisotopic (exact) mass is 469 g/mol. The molecule has 0 aliphatic carbocycles. The second kappa shape index (κ2) is 8.90. The highest BCUT2D eigenvalue weighted by Crippen LogP contribution is 2.21. The number of carbonyl (C=O) groups is 1. The molecule has 0 saturated heterocycles. The maximum absolute atomic E-state index is 12.9. The number of benzene rings is 2. The Morgan fingerprint density at radius 1 is 1.06 bits per heavy atom. The van der Waals surface area contributed by atoms with E-state index >= 15 is 0 Å². The van der Waals surface area contributed by atoms with E-state index in [2.05, 4.69) is 25.5 Å². The average molecular weight is 470 g/mol. The molecule has 0 bridgehead atoms. The second-order valence-corrected chi connectivity index (χ2v) is 8.21. The molecule has 10 heteroatoms. The van der Waals surface area contributed by atoms with E-state index in [0.717, 1.165) is 16.8 Å². The van der Waals surface area contributed by atoms with Crippen molar-refractivity contribution >= 4 is 22.8 Å². The summed E-state index contributed by atoms with van der Waals surface area (Å²) < 4.78 is 8.53. The molecule has 0 atom stereocenters. The molecule has 0 saturated carbocycles. The smallest absolute Gasteiger partial charge is 0.263 e. The van der Waals surface area contributed by atoms with Crippen LogP contribution in [0.25, 0.3) is 22.7 Å². The van der Waals surface area contributed by atoms with Crippen molar-refractivity contribution in [3.8, 4) is 17.4 Å². The van der Waals surface area contributed by atoms with Crippen molar-refractivity contribution in [1.82, 2.24) is 29.5 Å². The van der Waals surface area contributed by atoms with Crippen LogP contribution in [0.1, 0.15) is 16.8 Å². The van der Waals surface area contributed by atoms with E-state index in [9.17, 15) is 9.59 Å². The van der Waals surface area contributed by atoms with E-state index in [-0.39, 0.29) is 24.0 Å². The van der Waals surface area contributed by atoms with E-state index in [0.29, 0.717) is 28.3 Å². The molecule has 176 valence electrons. The lowest BCUT2D eigenvalue weighted by molar-refractivity contribution is -0.118. The van der Waals surface area contributed by atoms with Gasteiger partial charge in [0.25, 0.3) is 11.5 Å². The SMILES string of the molecule is Cc1ccc(-n2ncc3c(=O)[nH]c(-n4nc(C)cc4NC(=O)COc4ccccc4)nc32)c(C)c1. The molecule has 0 spiro atoms. The number of rotatable bonds is 6. The minimum atomic E-state index is -0.376. The van der Waals surface area contributed by atoms with Gasteiger partial charge in [-0.05, 0) is 44.5 Å². The van der Waals surface area contributed by atoms with Crippen LogP contribution in [-0.4, -0.2) is 42.0 Å². The van der Waals surface area contributed by atoms with Gasteiger partial charge in [0.15, 0.2) is 12.3 Å². The highest BCUT2D eigenvalue weighted by atomic mass is 16.5. The summed E-state index contributed by atoms with van der Waals surface area (Å²) in [6, 6.07) is 16.7. The van der Waals surface area contributed by atoms with Crippen LogP contribution < -0.4 is 15.6 Å². The number of fused-ring (bicyclic) bond motifs is 1. The van der Waals surface area contributed by atoms with E-state index in [1.54, 1.807) is 29.8 Å². The van der Waals surface area contributed by atoms with Crippen molar-refractivity contribution in [3.05, 3.63) is 88.0 Å². The van der Waals surface area contributed by atoms with Crippen LogP contribution in [-0.2, 0) is 4.79 Å². The quantitative estimate of drug-likeness (QED) is 0.394. The number of ether oxygens (including phenoxy) is 1. The number of hydrogen-bond donors (Lipinski definition) is 2. The van der Waals surface area contributed by atoms with Gasteiger partial charge in [-0.15, -0.1) is 0 Å². The summed E-state index contributed by atoms with van der Waals surface area (Å²) in [7, 11) is 0. The number of hydrogen-bond acceptors (Lipinski definition) is 6. The molecule has 10 nitrogen and oxygen atoms in total. The Labute approximate surface area is 200 Å². The molecule has 2 aromatic carbocycles. The Morgan fingerprint density at radius 2 is 1.86 bits per heavy atom. The molecule has 2 N–H and O–H groups in total. The maximum atomic E-state index is 12.9. The normalized spacial score (nSPS) is 11.1. The van der Waals surface area contributed by atoms with Crippen molar-refractivity contribution < 1.29 is 9.53 Å². The number of carbonyl (C=O) groups excluding carboxylic acids is 1. The van der Waals surface area contributed by atoms with E-state index in [4.69, 9.17) is 4.74 Å². The maximum Gasteiger partial charge on any atom is 0.263 e. The third kappa shape index (κ3) is 4.41. The van der Waals surface area contributed by atoms with Gasteiger partial charge < -0.3 is 10.1 Å². The molecule has 3 heterocycles. The zero-order valence-corrected chi connectivity index (χ0v) is 19.4. The third-order valence-electron chi connectivity index (χ3n) is 5.42. The Kier molecular flexibility index (Phi) is 5.61. The lowest BCUT2D eigenvalue weighted by Crippen LogP contribution is -2.23. The minimum absolute atomic E-state index is 0.154. The molecule has 0 aliphatic rings. The molecule has 1 amide bonds. The summed E-state index contributed by atoms with van der Waals surface area (Å²) in [6.07, 6.45) is 1.49. The first kappa shape index (κ1) is 22.1. The molecule has 0 aliphatic heterocycles. The molecule has 0 unspecified atom stereocenters. The summed E-state index contributed by atoms with van der Waals surface area (Å²) in [4.78, 5) is 32.8. The average Bonchev–Trinajstić information content (AvgIpc) is 3.42. The van der Waals surface area contributed by atoms with Gasteiger partial charge in [-0.2, -0.15) is 19.9 Å². The number of nitrogens with zero attached hydrogens (tertiary/aromatic N) is 5. The number of aromatic nitrogens is 6. The van der Waals surface area contributed by atoms with E-state index in [1.807, 2.05) is 50.2 Å². The van der Waals surface area contributed by atoms with Crippen LogP contribution in [0, 0.1) is 20.8 Å². The van der Waals surface area contributed by atoms with Gasteiger partial charge in [0.05, 0.1) is 17.6 Å². The first-order valence-electron chi connectivity index (χ1n) is 11.0. The van der Waals surface area contributed by atoms with Gasteiger partial charge in [-0.3, -0.25) is 14.6 Å². The summed E-state index contributed by atoms with van der Waals surface area (Å²) >= 11 is 0. The van der Waals surface area contributed by atoms with Crippen molar-refractivity contribution in [2.75, 3.05) is 11.9 Å². The number of amides is 1. The number of aromatic amines is 1. The van der Waals surface area contributed by atoms with Crippen LogP contribution in [0.3, 0.4) is 0 Å². The number of anilines is 1. The van der Waals surface area contributed by atoms with Gasteiger partial charge in [-0.1, -0.05) is 35.9 Å². The predicted molar refractivity (Wildman–Crippen MR) is 131 cm³/mol. The molecule has 3 aromatic heterocycles. The first-order chi connectivity index (χ1) is 16.9. The van der Waals surface area contributed by atoms with Crippen molar-refractivity contribution in [1.29, 1.82) is 0 Å². The Bertz CT molecular complexity index is 1600. The molecule has 0 radical (unpaired) electrons. The zero-order chi connectivity index (χ0) is 24.5. The molecule has 35 heavy (non-hydrogen) atoms. The van der Waals surface area contributed by atoms with Crippen LogP contribution in [0.5, 0.6) is 5.75 Å². The highest BCUT2D eigenvalue weighted by Gasteiger charge is 2.17. The van der Waals surface area contributed by atoms with Gasteiger partial charge in [0.1, 0.15) is 17.0 Å². The van der Waals surface area contributed by atoms with E-state index in [1.165, 1.54) is 10.9 Å². The first-order valence-corrected chi connectivity index (χ1v) is 11.0. The summed E-state index contributed by atoms with van der Waals surface area (Å²) in [6.45, 7) is 5.59. The number of H-pyrrole nitrogens is 1. The number of nitrogens with one attached hydrogen (secondary N) is 2. The van der Waals surface area contributed by atoms with Gasteiger partial charge in [-0.25, -0.2) is 4.68 Å². The fourth-order valence-electron chi connectivity index (χ4n) is 3.82. The highest BCUT2D eigenvalue weighted by molar-refractivity contribution is 5.91. The predicted octanol–water partition coefficient (Wildman–Crippen LogP) is 3.24. The molecule has 5 rings (SSSR count). The Morgan fingerprint density at radius 3 is 2.63 bits per heavy atom. The summed E-state index contributed by atoms with van der Waals surface area (Å²) in [5, 5.41) is 11.9. The number of para-hydroxylation sites is 1. The third-order valence-corrected chi connectivity index (χ3v) is 5.42. The van der Waals surface area contributed by atoms with Crippen LogP contribution >= 0.6 is 0 Å². The second-order valence-electron chi connectivity index (χ2n) is 8.21. The van der Waals surface area contributed by atoms with Crippen molar-refractivity contribution in [2.24, 2.45) is 0 Å². The largest absolute Gasteiger partial charge is 0.484 e. The lowest BCUT2D eigenvalue weighted by atomic mass is 10.1. The lowest BCUT2D eigenvalue weighted by Gasteiger charge is -2.10. The fourth-order valence-corrected chi connectivity index (χ4v) is 3.82. The van der Waals surface area contributed by atoms with Crippen molar-refractivity contribution in [3.63, 3.8) is 0 Å². The molecular formula is C25H23N7O3. The van der Waals surface area contributed by atoms with E-state index < -0.39 is 0 Å². The topological polar surface area (TPSA) is 120 Å². The van der Waals surface area contributed by atoms with Crippen molar-refractivity contribution in [2.45, 2.75) is 20.8 Å². The summed E-state index contributed by atoms with van der Waals surface area (Å²) in [5.41, 5.74) is 3.60. The minimum Gasteiger partial charge on any atom is -0.484 e. The fraction of sp³-hybridized carbons (Fsp3) is 0.160. The number of aryl methyl sites for hydroxylation is 3. The van der Waals surface area contributed by atoms with Gasteiger partial charge in [0, 0.05) is 6.07 Å². The molecule has 5 aromatic rings. The van der Waals surface area contributed by atoms with Gasteiger partial charge >= 0.3 is 0 Å². The van der Waals surface area contributed by atoms with Gasteiger partial charge in [0.2, 0.25) is 5.95 Å². The Balaban J connectivity index is 1.49. The molecule has 0 fully saturated rings. The summed E-state index contributed by atoms with van der Waals surface area (Å²) in [5.74, 6) is 0.716. The molecular weight excluding hydrogens is 446 g/mol. The van der Waals surface area contributed by atoms with Crippen LogP contribution in [0.4, 0.5) is 5.82 Å². The van der Waals surface area contributed by atoms with Crippen LogP contribution in [0.2, 0.25) is 0 Å².